The third-order valence-corrected chi connectivity index (χ3v) is 7.72. The minimum absolute atomic E-state index is 0.182. The van der Waals surface area contributed by atoms with Gasteiger partial charge >= 0.3 is 0 Å². The highest BCUT2D eigenvalue weighted by Crippen LogP contribution is 2.40. The smallest absolute Gasteiger partial charge is 0.0926 e. The fraction of sp³-hybridized carbons (Fsp3) is 0.419. The predicted octanol–water partition coefficient (Wildman–Crippen LogP) is 6.87. The van der Waals surface area contributed by atoms with Crippen LogP contribution in [0.1, 0.15) is 74.0 Å². The molecule has 2 aromatic rings. The minimum Gasteiger partial charge on any atom is -0.512 e. The second-order valence-electron chi connectivity index (χ2n) is 10.1. The summed E-state index contributed by atoms with van der Waals surface area (Å²) in [7, 11) is 0. The largest absolute Gasteiger partial charge is 0.512 e. The summed E-state index contributed by atoms with van der Waals surface area (Å²) >= 11 is 0. The number of benzene rings is 2. The highest BCUT2D eigenvalue weighted by molar-refractivity contribution is 5.98. The normalized spacial score (nSPS) is 20.5. The van der Waals surface area contributed by atoms with Gasteiger partial charge in [0.1, 0.15) is 0 Å². The Labute approximate surface area is 204 Å². The maximum Gasteiger partial charge on any atom is 0.0926 e. The van der Waals surface area contributed by atoms with Crippen LogP contribution >= 0.6 is 0 Å². The summed E-state index contributed by atoms with van der Waals surface area (Å²) in [5.41, 5.74) is 7.71. The molecule has 0 bridgehead atoms. The standard InChI is InChI=1S/C31H37NO2/c33-22-4-7-30(25-5-2-1-3-6-25)31(27-12-16-29(34)17-13-27)26-10-8-23(9-11-26)24-18-20-32(21-19-24)28-14-15-28/h1-3,5-6,8-12,16,24,28,33-34H,4,7,13-15,17-22H2/b31-30+. The average Bonchev–Trinajstić information content (AvgIpc) is 3.74. The van der Waals surface area contributed by atoms with Gasteiger partial charge in [0, 0.05) is 19.1 Å². The third kappa shape index (κ3) is 5.37. The van der Waals surface area contributed by atoms with Crippen molar-refractivity contribution in [2.75, 3.05) is 19.7 Å². The zero-order valence-electron chi connectivity index (χ0n) is 20.1. The van der Waals surface area contributed by atoms with Crippen LogP contribution < -0.4 is 0 Å². The topological polar surface area (TPSA) is 43.7 Å². The maximum atomic E-state index is 9.98. The molecule has 3 heteroatoms. The first kappa shape index (κ1) is 23.1. The molecule has 0 unspecified atom stereocenters. The minimum atomic E-state index is 0.182. The van der Waals surface area contributed by atoms with Gasteiger partial charge in [-0.1, -0.05) is 60.7 Å². The number of hydrogen-bond acceptors (Lipinski definition) is 3. The van der Waals surface area contributed by atoms with E-state index in [0.717, 1.165) is 25.3 Å². The van der Waals surface area contributed by atoms with Gasteiger partial charge < -0.3 is 15.1 Å². The Morgan fingerprint density at radius 1 is 0.824 bits per heavy atom. The fourth-order valence-electron chi connectivity index (χ4n) is 5.66. The molecular weight excluding hydrogens is 418 g/mol. The number of aliphatic hydroxyl groups excluding tert-OH is 2. The van der Waals surface area contributed by atoms with Crippen LogP contribution in [0, 0.1) is 0 Å². The van der Waals surface area contributed by atoms with E-state index >= 15 is 0 Å². The molecule has 1 heterocycles. The summed E-state index contributed by atoms with van der Waals surface area (Å²) in [5, 5.41) is 19.6. The zero-order chi connectivity index (χ0) is 23.3. The first-order valence-corrected chi connectivity index (χ1v) is 13.1. The summed E-state index contributed by atoms with van der Waals surface area (Å²) in [4.78, 5) is 2.69. The Hall–Kier alpha value is -2.62. The molecule has 178 valence electrons. The van der Waals surface area contributed by atoms with Crippen molar-refractivity contribution in [3.63, 3.8) is 0 Å². The van der Waals surface area contributed by atoms with Crippen LogP contribution in [0.25, 0.3) is 11.1 Å². The first-order valence-electron chi connectivity index (χ1n) is 13.1. The molecule has 2 N–H and O–H groups in total. The Balaban J connectivity index is 1.48. The Bertz CT molecular complexity index is 1050. The van der Waals surface area contributed by atoms with E-state index in [1.807, 2.05) is 6.08 Å². The van der Waals surface area contributed by atoms with Crippen molar-refractivity contribution in [2.24, 2.45) is 0 Å². The molecule has 1 saturated heterocycles. The second kappa shape index (κ2) is 10.8. The van der Waals surface area contributed by atoms with Crippen LogP contribution in [0.5, 0.6) is 0 Å². The van der Waals surface area contributed by atoms with Crippen molar-refractivity contribution in [1.29, 1.82) is 0 Å². The quantitative estimate of drug-likeness (QED) is 0.427. The van der Waals surface area contributed by atoms with Crippen LogP contribution in [0.3, 0.4) is 0 Å². The molecule has 1 saturated carbocycles. The Kier molecular flexibility index (Phi) is 7.32. The lowest BCUT2D eigenvalue weighted by Gasteiger charge is -2.32. The van der Waals surface area contributed by atoms with E-state index in [4.69, 9.17) is 0 Å². The highest BCUT2D eigenvalue weighted by atomic mass is 16.3. The van der Waals surface area contributed by atoms with Crippen molar-refractivity contribution in [3.05, 3.63) is 94.8 Å². The summed E-state index contributed by atoms with van der Waals surface area (Å²) in [6.07, 6.45) is 12.3. The Morgan fingerprint density at radius 3 is 2.18 bits per heavy atom. The average molecular weight is 456 g/mol. The number of nitrogens with zero attached hydrogens (tertiary/aromatic N) is 1. The van der Waals surface area contributed by atoms with Crippen LogP contribution in [0.15, 0.2) is 78.1 Å². The molecule has 3 aliphatic rings. The van der Waals surface area contributed by atoms with E-state index in [1.165, 1.54) is 72.2 Å². The lowest BCUT2D eigenvalue weighted by Crippen LogP contribution is -2.34. The summed E-state index contributed by atoms with van der Waals surface area (Å²) in [6.45, 7) is 2.66. The summed E-state index contributed by atoms with van der Waals surface area (Å²) < 4.78 is 0. The van der Waals surface area contributed by atoms with Crippen LogP contribution in [0.4, 0.5) is 0 Å². The Morgan fingerprint density at radius 2 is 1.56 bits per heavy atom. The molecule has 2 aliphatic carbocycles. The number of aliphatic hydroxyl groups is 2. The van der Waals surface area contributed by atoms with E-state index in [2.05, 4.69) is 65.6 Å². The van der Waals surface area contributed by atoms with Gasteiger partial charge in [0.2, 0.25) is 0 Å². The molecular formula is C31H37NO2. The number of likely N-dealkylation sites (tertiary alicyclic amines) is 1. The van der Waals surface area contributed by atoms with Crippen molar-refractivity contribution < 1.29 is 10.2 Å². The van der Waals surface area contributed by atoms with Crippen LogP contribution in [-0.2, 0) is 0 Å². The van der Waals surface area contributed by atoms with E-state index in [9.17, 15) is 10.2 Å². The molecule has 2 fully saturated rings. The van der Waals surface area contributed by atoms with Crippen LogP contribution in [-0.4, -0.2) is 40.9 Å². The van der Waals surface area contributed by atoms with E-state index in [-0.39, 0.29) is 6.61 Å². The highest BCUT2D eigenvalue weighted by Gasteiger charge is 2.32. The fourth-order valence-corrected chi connectivity index (χ4v) is 5.66. The molecule has 0 atom stereocenters. The predicted molar refractivity (Wildman–Crippen MR) is 141 cm³/mol. The lowest BCUT2D eigenvalue weighted by atomic mass is 9.82. The maximum absolute atomic E-state index is 9.98. The van der Waals surface area contributed by atoms with E-state index < -0.39 is 0 Å². The molecule has 34 heavy (non-hydrogen) atoms. The molecule has 0 radical (unpaired) electrons. The van der Waals surface area contributed by atoms with Gasteiger partial charge in [0.15, 0.2) is 0 Å². The summed E-state index contributed by atoms with van der Waals surface area (Å²) in [6, 6.07) is 20.7. The van der Waals surface area contributed by atoms with Crippen molar-refractivity contribution in [1.82, 2.24) is 4.90 Å². The number of hydrogen-bond donors (Lipinski definition) is 2. The summed E-state index contributed by atoms with van der Waals surface area (Å²) in [5.74, 6) is 1.11. The van der Waals surface area contributed by atoms with Crippen molar-refractivity contribution in [2.45, 2.75) is 63.3 Å². The third-order valence-electron chi connectivity index (χ3n) is 7.72. The van der Waals surface area contributed by atoms with Gasteiger partial charge in [-0.15, -0.1) is 0 Å². The van der Waals surface area contributed by atoms with Gasteiger partial charge in [-0.3, -0.25) is 0 Å². The molecule has 0 spiro atoms. The molecule has 0 amide bonds. The van der Waals surface area contributed by atoms with Gasteiger partial charge in [-0.2, -0.15) is 0 Å². The van der Waals surface area contributed by atoms with E-state index in [1.54, 1.807) is 0 Å². The number of piperidine rings is 1. The van der Waals surface area contributed by atoms with Crippen molar-refractivity contribution in [3.8, 4) is 0 Å². The number of allylic oxidation sites excluding steroid dienone is 6. The van der Waals surface area contributed by atoms with Crippen molar-refractivity contribution >= 4 is 11.1 Å². The van der Waals surface area contributed by atoms with Gasteiger partial charge in [-0.05, 0) is 103 Å². The number of rotatable bonds is 8. The van der Waals surface area contributed by atoms with E-state index in [0.29, 0.717) is 18.1 Å². The SMILES string of the molecule is OCCC/C(=C(\C1=CC=C(O)CC1)c1ccc(C2CCN(C3CC3)CC2)cc1)c1ccccc1. The molecule has 5 rings (SSSR count). The first-order chi connectivity index (χ1) is 16.7. The van der Waals surface area contributed by atoms with Gasteiger partial charge in [-0.25, -0.2) is 0 Å². The van der Waals surface area contributed by atoms with Gasteiger partial charge in [0.05, 0.1) is 5.76 Å². The van der Waals surface area contributed by atoms with Crippen LogP contribution in [0.2, 0.25) is 0 Å². The zero-order valence-corrected chi connectivity index (χ0v) is 20.1. The molecule has 0 aromatic heterocycles. The second-order valence-corrected chi connectivity index (χ2v) is 10.1. The lowest BCUT2D eigenvalue weighted by molar-refractivity contribution is 0.203. The monoisotopic (exact) mass is 455 g/mol. The molecule has 2 aromatic carbocycles. The molecule has 3 nitrogen and oxygen atoms in total. The van der Waals surface area contributed by atoms with Gasteiger partial charge in [0.25, 0.3) is 0 Å². The molecule has 1 aliphatic heterocycles.